The van der Waals surface area contributed by atoms with Crippen molar-refractivity contribution in [2.24, 2.45) is 0 Å². The zero-order valence-corrected chi connectivity index (χ0v) is 7.82. The van der Waals surface area contributed by atoms with Crippen molar-refractivity contribution in [3.8, 4) is 0 Å². The van der Waals surface area contributed by atoms with Gasteiger partial charge in [-0.2, -0.15) is 0 Å². The van der Waals surface area contributed by atoms with Crippen LogP contribution >= 0.6 is 0 Å². The number of hydrogen-bond acceptors (Lipinski definition) is 0. The molecule has 1 aromatic carbocycles. The Labute approximate surface area is 73.4 Å². The van der Waals surface area contributed by atoms with E-state index in [1.54, 1.807) is 0 Å². The highest BCUT2D eigenvalue weighted by Gasteiger charge is 2.08. The normalized spacial score (nSPS) is 10.8. The minimum Gasteiger partial charge on any atom is -0.250 e. The van der Waals surface area contributed by atoms with Crippen molar-refractivity contribution in [1.29, 1.82) is 0 Å². The van der Waals surface area contributed by atoms with Crippen LogP contribution in [-0.4, -0.2) is 6.67 Å². The van der Waals surface area contributed by atoms with E-state index in [1.807, 2.05) is 39.0 Å². The molecule has 0 spiro atoms. The molecule has 1 heteroatoms. The largest absolute Gasteiger partial charge is 0.250 e. The summed E-state index contributed by atoms with van der Waals surface area (Å²) in [5.41, 5.74) is 3.46. The first-order chi connectivity index (χ1) is 5.66. The van der Waals surface area contributed by atoms with Crippen LogP contribution in [-0.2, 0) is 0 Å². The fraction of sp³-hybridized carbons (Fsp3) is 0.364. The van der Waals surface area contributed by atoms with Gasteiger partial charge in [0.15, 0.2) is 0 Å². The molecule has 0 fully saturated rings. The van der Waals surface area contributed by atoms with Gasteiger partial charge in [-0.1, -0.05) is 25.1 Å². The molecule has 0 atom stereocenters. The van der Waals surface area contributed by atoms with Crippen LogP contribution < -0.4 is 0 Å². The minimum atomic E-state index is -0.357. The minimum absolute atomic E-state index is 0.357. The SMILES string of the molecule is C[C](CF)c1cccc(C)c1C. The lowest BCUT2D eigenvalue weighted by atomic mass is 9.95. The van der Waals surface area contributed by atoms with E-state index < -0.39 is 0 Å². The predicted octanol–water partition coefficient (Wildman–Crippen LogP) is 3.22. The fourth-order valence-electron chi connectivity index (χ4n) is 1.29. The number of rotatable bonds is 2. The molecule has 0 amide bonds. The van der Waals surface area contributed by atoms with Crippen molar-refractivity contribution in [3.63, 3.8) is 0 Å². The Hall–Kier alpha value is -0.850. The molecule has 0 heterocycles. The molecule has 0 saturated heterocycles. The first-order valence-corrected chi connectivity index (χ1v) is 4.11. The van der Waals surface area contributed by atoms with E-state index in [1.165, 1.54) is 11.1 Å². The first-order valence-electron chi connectivity index (χ1n) is 4.11. The quantitative estimate of drug-likeness (QED) is 0.631. The summed E-state index contributed by atoms with van der Waals surface area (Å²) in [5, 5.41) is 0. The predicted molar refractivity (Wildman–Crippen MR) is 49.9 cm³/mol. The Balaban J connectivity index is 3.07. The summed E-state index contributed by atoms with van der Waals surface area (Å²) in [6, 6.07) is 5.98. The maximum atomic E-state index is 12.3. The zero-order chi connectivity index (χ0) is 9.14. The third-order valence-electron chi connectivity index (χ3n) is 2.26. The van der Waals surface area contributed by atoms with Crippen molar-refractivity contribution in [2.75, 3.05) is 6.67 Å². The van der Waals surface area contributed by atoms with Gasteiger partial charge in [-0.15, -0.1) is 0 Å². The van der Waals surface area contributed by atoms with Gasteiger partial charge in [0.1, 0.15) is 0 Å². The first kappa shape index (κ1) is 9.24. The van der Waals surface area contributed by atoms with Crippen LogP contribution in [0.15, 0.2) is 18.2 Å². The van der Waals surface area contributed by atoms with Crippen LogP contribution in [0.2, 0.25) is 0 Å². The third-order valence-corrected chi connectivity index (χ3v) is 2.26. The molecule has 0 bridgehead atoms. The Bertz CT molecular complexity index is 266. The number of alkyl halides is 1. The second-order valence-corrected chi connectivity index (χ2v) is 3.16. The smallest absolute Gasteiger partial charge is 0.0997 e. The van der Waals surface area contributed by atoms with Crippen LogP contribution in [0.1, 0.15) is 23.6 Å². The van der Waals surface area contributed by atoms with E-state index in [2.05, 4.69) is 0 Å². The van der Waals surface area contributed by atoms with E-state index >= 15 is 0 Å². The average molecular weight is 165 g/mol. The van der Waals surface area contributed by atoms with Crippen molar-refractivity contribution >= 4 is 0 Å². The van der Waals surface area contributed by atoms with Gasteiger partial charge in [-0.25, -0.2) is 0 Å². The molecule has 0 aliphatic rings. The molecule has 1 radical (unpaired) electrons. The third kappa shape index (κ3) is 1.66. The second kappa shape index (κ2) is 3.70. The van der Waals surface area contributed by atoms with Gasteiger partial charge in [0.25, 0.3) is 0 Å². The molecule has 1 rings (SSSR count). The van der Waals surface area contributed by atoms with E-state index in [9.17, 15) is 4.39 Å². The second-order valence-electron chi connectivity index (χ2n) is 3.16. The van der Waals surface area contributed by atoms with Crippen LogP contribution in [0.3, 0.4) is 0 Å². The average Bonchev–Trinajstić information content (AvgIpc) is 2.08. The summed E-state index contributed by atoms with van der Waals surface area (Å²) in [4.78, 5) is 0. The summed E-state index contributed by atoms with van der Waals surface area (Å²) >= 11 is 0. The number of hydrogen-bond donors (Lipinski definition) is 0. The Morgan fingerprint density at radius 2 is 2.00 bits per heavy atom. The fourth-order valence-corrected chi connectivity index (χ4v) is 1.29. The molecular weight excluding hydrogens is 151 g/mol. The maximum absolute atomic E-state index is 12.3. The summed E-state index contributed by atoms with van der Waals surface area (Å²) in [6.45, 7) is 5.56. The van der Waals surface area contributed by atoms with Crippen LogP contribution in [0.4, 0.5) is 4.39 Å². The van der Waals surface area contributed by atoms with Crippen LogP contribution in [0.5, 0.6) is 0 Å². The summed E-state index contributed by atoms with van der Waals surface area (Å²) < 4.78 is 12.3. The summed E-state index contributed by atoms with van der Waals surface area (Å²) in [6.07, 6.45) is 0. The Kier molecular flexibility index (Phi) is 2.85. The lowest BCUT2D eigenvalue weighted by Crippen LogP contribution is -2.00. The highest BCUT2D eigenvalue weighted by molar-refractivity contribution is 5.41. The molecule has 1 aromatic rings. The lowest BCUT2D eigenvalue weighted by Gasteiger charge is -2.11. The molecule has 0 nitrogen and oxygen atoms in total. The monoisotopic (exact) mass is 165 g/mol. The molecular formula is C11H14F. The molecule has 65 valence electrons. The molecule has 0 aliphatic heterocycles. The van der Waals surface area contributed by atoms with Crippen molar-refractivity contribution in [2.45, 2.75) is 20.8 Å². The van der Waals surface area contributed by atoms with E-state index in [4.69, 9.17) is 0 Å². The van der Waals surface area contributed by atoms with E-state index in [0.29, 0.717) is 0 Å². The standard InChI is InChI=1S/C11H14F/c1-8-5-4-6-11(10(8)3)9(2)7-12/h4-6H,7H2,1-3H3. The van der Waals surface area contributed by atoms with Gasteiger partial charge in [-0.3, -0.25) is 4.39 Å². The highest BCUT2D eigenvalue weighted by Crippen LogP contribution is 2.21. The van der Waals surface area contributed by atoms with Crippen molar-refractivity contribution in [3.05, 3.63) is 40.8 Å². The molecule has 0 aromatic heterocycles. The van der Waals surface area contributed by atoms with Gasteiger partial charge < -0.3 is 0 Å². The molecule has 0 unspecified atom stereocenters. The molecule has 0 aliphatic carbocycles. The molecule has 12 heavy (non-hydrogen) atoms. The van der Waals surface area contributed by atoms with Gasteiger partial charge in [0.2, 0.25) is 0 Å². The van der Waals surface area contributed by atoms with Gasteiger partial charge in [-0.05, 0) is 30.5 Å². The Morgan fingerprint density at radius 3 is 2.58 bits per heavy atom. The highest BCUT2D eigenvalue weighted by atomic mass is 19.1. The molecule has 0 saturated carbocycles. The van der Waals surface area contributed by atoms with Gasteiger partial charge in [0.05, 0.1) is 6.67 Å². The van der Waals surface area contributed by atoms with Crippen LogP contribution in [0, 0.1) is 19.8 Å². The zero-order valence-electron chi connectivity index (χ0n) is 7.82. The number of aryl methyl sites for hydroxylation is 1. The molecule has 0 N–H and O–H groups in total. The van der Waals surface area contributed by atoms with Crippen molar-refractivity contribution in [1.82, 2.24) is 0 Å². The van der Waals surface area contributed by atoms with Gasteiger partial charge >= 0.3 is 0 Å². The summed E-state index contributed by atoms with van der Waals surface area (Å²) in [5.74, 6) is 0.816. The van der Waals surface area contributed by atoms with Crippen LogP contribution in [0.25, 0.3) is 0 Å². The topological polar surface area (TPSA) is 0 Å². The Morgan fingerprint density at radius 1 is 1.33 bits per heavy atom. The van der Waals surface area contributed by atoms with E-state index in [0.717, 1.165) is 11.5 Å². The number of benzene rings is 1. The van der Waals surface area contributed by atoms with E-state index in [-0.39, 0.29) is 6.67 Å². The van der Waals surface area contributed by atoms with Crippen molar-refractivity contribution < 1.29 is 4.39 Å². The lowest BCUT2D eigenvalue weighted by molar-refractivity contribution is 0.515. The van der Waals surface area contributed by atoms with Gasteiger partial charge in [0, 0.05) is 5.92 Å². The summed E-state index contributed by atoms with van der Waals surface area (Å²) in [7, 11) is 0. The maximum Gasteiger partial charge on any atom is 0.0997 e. The number of halogens is 1.